The molecule has 0 unspecified atom stereocenters. The number of imide groups is 1. The van der Waals surface area contributed by atoms with Crippen LogP contribution in [0.15, 0.2) is 28.8 Å². The van der Waals surface area contributed by atoms with Gasteiger partial charge in [0, 0.05) is 12.3 Å². The summed E-state index contributed by atoms with van der Waals surface area (Å²) < 4.78 is 5.17. The summed E-state index contributed by atoms with van der Waals surface area (Å²) in [6.45, 7) is 3.99. The van der Waals surface area contributed by atoms with Gasteiger partial charge in [-0.1, -0.05) is 43.3 Å². The molecule has 0 bridgehead atoms. The van der Waals surface area contributed by atoms with Crippen LogP contribution in [0.2, 0.25) is 0 Å². The van der Waals surface area contributed by atoms with E-state index in [4.69, 9.17) is 4.52 Å². The summed E-state index contributed by atoms with van der Waals surface area (Å²) >= 11 is 0. The van der Waals surface area contributed by atoms with E-state index < -0.39 is 5.41 Å². The molecule has 2 aromatic rings. The number of hydrogen-bond donors (Lipinski definition) is 0. The fourth-order valence-corrected chi connectivity index (χ4v) is 3.76. The van der Waals surface area contributed by atoms with Crippen LogP contribution in [0.4, 0.5) is 0 Å². The molecule has 4 rings (SSSR count). The van der Waals surface area contributed by atoms with Crippen LogP contribution in [-0.4, -0.2) is 26.9 Å². The summed E-state index contributed by atoms with van der Waals surface area (Å²) in [6, 6.07) is 7.92. The number of nitrogens with zero attached hydrogens (tertiary/aromatic N) is 3. The number of hydrogen-bond acceptors (Lipinski definition) is 5. The zero-order chi connectivity index (χ0) is 16.9. The minimum atomic E-state index is -0.696. The van der Waals surface area contributed by atoms with Crippen LogP contribution >= 0.6 is 0 Å². The Kier molecular flexibility index (Phi) is 3.30. The van der Waals surface area contributed by atoms with Crippen LogP contribution in [0, 0.1) is 0 Å². The lowest BCUT2D eigenvalue weighted by atomic mass is 9.80. The highest BCUT2D eigenvalue weighted by molar-refractivity contribution is 6.09. The van der Waals surface area contributed by atoms with Gasteiger partial charge in [0.2, 0.25) is 17.7 Å². The second kappa shape index (κ2) is 5.26. The molecule has 1 aliphatic heterocycles. The van der Waals surface area contributed by atoms with Gasteiger partial charge in [0.25, 0.3) is 0 Å². The number of aromatic nitrogens is 2. The number of carbonyl (C=O) groups is 2. The van der Waals surface area contributed by atoms with Crippen molar-refractivity contribution in [1.82, 2.24) is 15.0 Å². The SMILES string of the molecule is CC(C)c1nc(CN2C(=O)C[C@]3(CCc4ccccc43)C2=O)no1. The molecule has 24 heavy (non-hydrogen) atoms. The fraction of sp³-hybridized carbons (Fsp3) is 0.444. The Morgan fingerprint density at radius 3 is 2.83 bits per heavy atom. The maximum atomic E-state index is 13.1. The molecule has 1 atom stereocenters. The smallest absolute Gasteiger partial charge is 0.240 e. The summed E-state index contributed by atoms with van der Waals surface area (Å²) in [7, 11) is 0. The maximum Gasteiger partial charge on any atom is 0.240 e. The minimum Gasteiger partial charge on any atom is -0.339 e. The fourth-order valence-electron chi connectivity index (χ4n) is 3.76. The molecule has 1 aromatic carbocycles. The largest absolute Gasteiger partial charge is 0.339 e. The minimum absolute atomic E-state index is 0.0812. The number of likely N-dealkylation sites (tertiary alicyclic amines) is 1. The molecule has 1 aliphatic carbocycles. The van der Waals surface area contributed by atoms with E-state index in [1.54, 1.807) is 0 Å². The van der Waals surface area contributed by atoms with Crippen LogP contribution in [0.25, 0.3) is 0 Å². The molecule has 0 radical (unpaired) electrons. The van der Waals surface area contributed by atoms with Crippen molar-refractivity contribution >= 4 is 11.8 Å². The first kappa shape index (κ1) is 15.1. The van der Waals surface area contributed by atoms with Gasteiger partial charge in [0.15, 0.2) is 5.82 Å². The predicted molar refractivity (Wildman–Crippen MR) is 85.0 cm³/mol. The summed E-state index contributed by atoms with van der Waals surface area (Å²) in [5.74, 6) is 0.721. The second-order valence-electron chi connectivity index (χ2n) is 6.90. The second-order valence-corrected chi connectivity index (χ2v) is 6.90. The molecule has 0 saturated carbocycles. The van der Waals surface area contributed by atoms with Crippen molar-refractivity contribution in [2.45, 2.75) is 51.0 Å². The summed E-state index contributed by atoms with van der Waals surface area (Å²) in [5.41, 5.74) is 1.47. The van der Waals surface area contributed by atoms with Crippen molar-refractivity contribution in [3.63, 3.8) is 0 Å². The van der Waals surface area contributed by atoms with Crippen molar-refractivity contribution < 1.29 is 14.1 Å². The number of amides is 2. The Hall–Kier alpha value is -2.50. The van der Waals surface area contributed by atoms with Crippen molar-refractivity contribution in [3.05, 3.63) is 47.1 Å². The molecular formula is C18H19N3O3. The van der Waals surface area contributed by atoms with Crippen LogP contribution in [0.1, 0.15) is 55.4 Å². The van der Waals surface area contributed by atoms with E-state index in [0.717, 1.165) is 12.0 Å². The molecule has 1 saturated heterocycles. The van der Waals surface area contributed by atoms with E-state index in [0.29, 0.717) is 18.1 Å². The zero-order valence-electron chi connectivity index (χ0n) is 13.8. The molecule has 1 aromatic heterocycles. The van der Waals surface area contributed by atoms with E-state index in [2.05, 4.69) is 10.1 Å². The molecule has 1 fully saturated rings. The van der Waals surface area contributed by atoms with Crippen LogP contribution < -0.4 is 0 Å². The van der Waals surface area contributed by atoms with Gasteiger partial charge in [-0.2, -0.15) is 4.98 Å². The van der Waals surface area contributed by atoms with Crippen molar-refractivity contribution in [2.24, 2.45) is 0 Å². The average molecular weight is 325 g/mol. The summed E-state index contributed by atoms with van der Waals surface area (Å²) in [6.07, 6.45) is 1.76. The van der Waals surface area contributed by atoms with Crippen molar-refractivity contribution in [2.75, 3.05) is 0 Å². The lowest BCUT2D eigenvalue weighted by Gasteiger charge is -2.22. The first-order chi connectivity index (χ1) is 11.5. The molecule has 6 nitrogen and oxygen atoms in total. The van der Waals surface area contributed by atoms with Gasteiger partial charge in [0.1, 0.15) is 0 Å². The molecule has 0 N–H and O–H groups in total. The van der Waals surface area contributed by atoms with Gasteiger partial charge in [-0.3, -0.25) is 14.5 Å². The molecule has 124 valence electrons. The Bertz CT molecular complexity index is 826. The Labute approximate surface area is 139 Å². The van der Waals surface area contributed by atoms with Crippen molar-refractivity contribution in [1.29, 1.82) is 0 Å². The van der Waals surface area contributed by atoms with Gasteiger partial charge in [0.05, 0.1) is 12.0 Å². The monoisotopic (exact) mass is 325 g/mol. The lowest BCUT2D eigenvalue weighted by molar-refractivity contribution is -0.140. The van der Waals surface area contributed by atoms with Gasteiger partial charge in [-0.05, 0) is 24.0 Å². The third-order valence-electron chi connectivity index (χ3n) is 5.04. The zero-order valence-corrected chi connectivity index (χ0v) is 13.8. The van der Waals surface area contributed by atoms with E-state index in [-0.39, 0.29) is 30.7 Å². The van der Waals surface area contributed by atoms with E-state index in [1.165, 1.54) is 10.5 Å². The number of aryl methyl sites for hydroxylation is 1. The highest BCUT2D eigenvalue weighted by atomic mass is 16.5. The quantitative estimate of drug-likeness (QED) is 0.810. The van der Waals surface area contributed by atoms with Gasteiger partial charge in [-0.15, -0.1) is 0 Å². The van der Waals surface area contributed by atoms with E-state index >= 15 is 0 Å². The Morgan fingerprint density at radius 1 is 1.29 bits per heavy atom. The highest BCUT2D eigenvalue weighted by Gasteiger charge is 2.55. The number of rotatable bonds is 3. The predicted octanol–water partition coefficient (Wildman–Crippen LogP) is 2.34. The molecule has 2 amide bonds. The molecule has 1 spiro atoms. The number of benzene rings is 1. The first-order valence-corrected chi connectivity index (χ1v) is 8.27. The number of fused-ring (bicyclic) bond motifs is 2. The Morgan fingerprint density at radius 2 is 2.08 bits per heavy atom. The Balaban J connectivity index is 1.63. The molecule has 2 aliphatic rings. The average Bonchev–Trinajstić information content (AvgIpc) is 3.23. The summed E-state index contributed by atoms with van der Waals surface area (Å²) in [5, 5.41) is 3.90. The van der Waals surface area contributed by atoms with Crippen LogP contribution in [-0.2, 0) is 28.0 Å². The lowest BCUT2D eigenvalue weighted by Crippen LogP contribution is -2.37. The molecule has 6 heteroatoms. The van der Waals surface area contributed by atoms with E-state index in [9.17, 15) is 9.59 Å². The maximum absolute atomic E-state index is 13.1. The van der Waals surface area contributed by atoms with Gasteiger partial charge < -0.3 is 4.52 Å². The molecular weight excluding hydrogens is 306 g/mol. The standard InChI is InChI=1S/C18H19N3O3/c1-11(2)16-19-14(20-24-16)10-21-15(22)9-18(17(21)23)8-7-12-5-3-4-6-13(12)18/h3-6,11H,7-10H2,1-2H3/t18-/m0/s1. The normalized spacial score (nSPS) is 22.9. The molecule has 2 heterocycles. The third kappa shape index (κ3) is 2.09. The number of carbonyl (C=O) groups excluding carboxylic acids is 2. The highest BCUT2D eigenvalue weighted by Crippen LogP contribution is 2.46. The van der Waals surface area contributed by atoms with Crippen molar-refractivity contribution in [3.8, 4) is 0 Å². The van der Waals surface area contributed by atoms with Crippen LogP contribution in [0.3, 0.4) is 0 Å². The first-order valence-electron chi connectivity index (χ1n) is 8.27. The van der Waals surface area contributed by atoms with Gasteiger partial charge >= 0.3 is 0 Å². The van der Waals surface area contributed by atoms with Crippen LogP contribution in [0.5, 0.6) is 0 Å². The third-order valence-corrected chi connectivity index (χ3v) is 5.04. The topological polar surface area (TPSA) is 76.3 Å². The van der Waals surface area contributed by atoms with Gasteiger partial charge in [-0.25, -0.2) is 0 Å². The van der Waals surface area contributed by atoms with E-state index in [1.807, 2.05) is 38.1 Å². The summed E-state index contributed by atoms with van der Waals surface area (Å²) in [4.78, 5) is 31.2.